The average Bonchev–Trinajstić information content (AvgIpc) is 2.62. The van der Waals surface area contributed by atoms with E-state index in [1.165, 1.54) is 0 Å². The van der Waals surface area contributed by atoms with Gasteiger partial charge in [0.15, 0.2) is 0 Å². The molecular weight excluding hydrogens is 198 g/mol. The summed E-state index contributed by atoms with van der Waals surface area (Å²) in [6.45, 7) is 4.58. The molecule has 0 aliphatic carbocycles. The van der Waals surface area contributed by atoms with E-state index >= 15 is 0 Å². The fourth-order valence-corrected chi connectivity index (χ4v) is 1.93. The van der Waals surface area contributed by atoms with Crippen molar-refractivity contribution < 1.29 is 4.21 Å². The summed E-state index contributed by atoms with van der Waals surface area (Å²) in [4.78, 5) is 4.03. The lowest BCUT2D eigenvalue weighted by Crippen LogP contribution is -2.15. The number of imidazole rings is 1. The number of aromatic nitrogens is 2. The zero-order chi connectivity index (χ0) is 10.6. The summed E-state index contributed by atoms with van der Waals surface area (Å²) < 4.78 is 13.2. The quantitative estimate of drug-likeness (QED) is 0.785. The van der Waals surface area contributed by atoms with E-state index in [1.807, 2.05) is 18.4 Å². The highest BCUT2D eigenvalue weighted by Crippen LogP contribution is 2.08. The summed E-state index contributed by atoms with van der Waals surface area (Å²) >= 11 is 0. The van der Waals surface area contributed by atoms with E-state index in [0.29, 0.717) is 11.5 Å². The van der Waals surface area contributed by atoms with Gasteiger partial charge in [-0.25, -0.2) is 4.98 Å². The minimum absolute atomic E-state index is 0.0208. The maximum atomic E-state index is 11.2. The Kier molecular flexibility index (Phi) is 4.28. The molecule has 0 amide bonds. The first-order valence-electron chi connectivity index (χ1n) is 4.75. The van der Waals surface area contributed by atoms with E-state index in [0.717, 1.165) is 12.2 Å². The summed E-state index contributed by atoms with van der Waals surface area (Å²) in [7, 11) is -0.723. The molecule has 0 aliphatic rings. The molecule has 2 N–H and O–H groups in total. The van der Waals surface area contributed by atoms with Gasteiger partial charge >= 0.3 is 0 Å². The van der Waals surface area contributed by atoms with Crippen molar-refractivity contribution in [3.8, 4) is 0 Å². The molecule has 2 unspecified atom stereocenters. The van der Waals surface area contributed by atoms with Crippen LogP contribution in [0.5, 0.6) is 0 Å². The monoisotopic (exact) mass is 215 g/mol. The Balaban J connectivity index is 2.58. The Labute approximate surface area is 87.0 Å². The average molecular weight is 215 g/mol. The molecular formula is C9H17N3OS. The van der Waals surface area contributed by atoms with Crippen LogP contribution in [0, 0.1) is 0 Å². The van der Waals surface area contributed by atoms with Gasteiger partial charge in [0.2, 0.25) is 0 Å². The molecule has 1 rings (SSSR count). The topological polar surface area (TPSA) is 60.9 Å². The van der Waals surface area contributed by atoms with Gasteiger partial charge in [0.25, 0.3) is 0 Å². The van der Waals surface area contributed by atoms with Crippen molar-refractivity contribution in [1.29, 1.82) is 0 Å². The minimum atomic E-state index is -0.723. The molecule has 0 bridgehead atoms. The third-order valence-corrected chi connectivity index (χ3v) is 3.37. The molecule has 0 radical (unpaired) electrons. The maximum absolute atomic E-state index is 11.2. The molecule has 5 heteroatoms. The van der Waals surface area contributed by atoms with Gasteiger partial charge in [0.05, 0.1) is 12.0 Å². The van der Waals surface area contributed by atoms with Gasteiger partial charge in [-0.15, -0.1) is 0 Å². The summed E-state index contributed by atoms with van der Waals surface area (Å²) in [5.41, 5.74) is 6.76. The van der Waals surface area contributed by atoms with Crippen molar-refractivity contribution in [3.05, 3.63) is 18.2 Å². The number of hydrogen-bond acceptors (Lipinski definition) is 3. The lowest BCUT2D eigenvalue weighted by Gasteiger charge is -2.09. The van der Waals surface area contributed by atoms with Gasteiger partial charge in [-0.3, -0.25) is 4.21 Å². The highest BCUT2D eigenvalue weighted by atomic mass is 32.2. The van der Waals surface area contributed by atoms with Crippen LogP contribution >= 0.6 is 0 Å². The second-order valence-electron chi connectivity index (χ2n) is 3.23. The van der Waals surface area contributed by atoms with Crippen LogP contribution in [0.4, 0.5) is 0 Å². The summed E-state index contributed by atoms with van der Waals surface area (Å²) in [6.07, 6.45) is 3.51. The summed E-state index contributed by atoms with van der Waals surface area (Å²) in [5.74, 6) is 1.38. The molecule has 4 nitrogen and oxygen atoms in total. The molecule has 0 fully saturated rings. The largest absolute Gasteiger partial charge is 0.332 e. The third-order valence-electron chi connectivity index (χ3n) is 2.09. The fraction of sp³-hybridized carbons (Fsp3) is 0.667. The molecule has 0 spiro atoms. The molecule has 0 saturated heterocycles. The molecule has 0 aliphatic heterocycles. The normalized spacial score (nSPS) is 15.4. The number of aryl methyl sites for hydroxylation is 1. The van der Waals surface area contributed by atoms with E-state index in [1.54, 1.807) is 12.5 Å². The van der Waals surface area contributed by atoms with Crippen molar-refractivity contribution in [2.24, 2.45) is 5.73 Å². The number of nitrogens with zero attached hydrogens (tertiary/aromatic N) is 2. The molecule has 0 saturated carbocycles. The van der Waals surface area contributed by atoms with E-state index in [4.69, 9.17) is 5.73 Å². The van der Waals surface area contributed by atoms with Gasteiger partial charge in [0.1, 0.15) is 0 Å². The van der Waals surface area contributed by atoms with Crippen molar-refractivity contribution in [1.82, 2.24) is 9.55 Å². The van der Waals surface area contributed by atoms with Crippen molar-refractivity contribution >= 4 is 10.8 Å². The second kappa shape index (κ2) is 5.26. The predicted octanol–water partition coefficient (Wildman–Crippen LogP) is 0.671. The Hall–Kier alpha value is -0.680. The zero-order valence-electron chi connectivity index (χ0n) is 8.64. The molecule has 80 valence electrons. The van der Waals surface area contributed by atoms with Crippen LogP contribution in [0.15, 0.2) is 12.5 Å². The van der Waals surface area contributed by atoms with Gasteiger partial charge < -0.3 is 10.3 Å². The summed E-state index contributed by atoms with van der Waals surface area (Å²) in [5, 5.41) is 0. The van der Waals surface area contributed by atoms with Gasteiger partial charge in [0, 0.05) is 41.1 Å². The highest BCUT2D eigenvalue weighted by molar-refractivity contribution is 7.84. The number of nitrogens with two attached hydrogens (primary N) is 1. The first kappa shape index (κ1) is 11.4. The number of rotatable bonds is 5. The van der Waals surface area contributed by atoms with E-state index < -0.39 is 10.8 Å². The molecule has 1 aromatic rings. The Morgan fingerprint density at radius 1 is 1.71 bits per heavy atom. The van der Waals surface area contributed by atoms with Crippen molar-refractivity contribution in [2.45, 2.75) is 26.4 Å². The van der Waals surface area contributed by atoms with Crippen LogP contribution < -0.4 is 5.73 Å². The Morgan fingerprint density at radius 3 is 3.00 bits per heavy atom. The molecule has 14 heavy (non-hydrogen) atoms. The highest BCUT2D eigenvalue weighted by Gasteiger charge is 2.06. The van der Waals surface area contributed by atoms with Crippen LogP contribution in [0.2, 0.25) is 0 Å². The lowest BCUT2D eigenvalue weighted by molar-refractivity contribution is 0.646. The fourth-order valence-electron chi connectivity index (χ4n) is 1.24. The maximum Gasteiger partial charge on any atom is 0.0948 e. The van der Waals surface area contributed by atoms with Crippen LogP contribution in [-0.2, 0) is 17.3 Å². The van der Waals surface area contributed by atoms with Crippen LogP contribution in [-0.4, -0.2) is 25.3 Å². The van der Waals surface area contributed by atoms with Crippen LogP contribution in [0.25, 0.3) is 0 Å². The van der Waals surface area contributed by atoms with Crippen LogP contribution in [0.1, 0.15) is 25.6 Å². The molecule has 1 aromatic heterocycles. The predicted molar refractivity (Wildman–Crippen MR) is 58.4 cm³/mol. The van der Waals surface area contributed by atoms with Crippen molar-refractivity contribution in [3.63, 3.8) is 0 Å². The third kappa shape index (κ3) is 2.92. The lowest BCUT2D eigenvalue weighted by atomic mass is 10.3. The van der Waals surface area contributed by atoms with E-state index in [-0.39, 0.29) is 6.04 Å². The molecule has 2 atom stereocenters. The SMILES string of the molecule is CCS(=O)CCn1cncc1C(C)N. The van der Waals surface area contributed by atoms with E-state index in [2.05, 4.69) is 4.98 Å². The summed E-state index contributed by atoms with van der Waals surface area (Å²) in [6, 6.07) is -0.0208. The first-order valence-corrected chi connectivity index (χ1v) is 6.24. The Bertz CT molecular complexity index is 309. The molecule has 1 heterocycles. The van der Waals surface area contributed by atoms with Crippen molar-refractivity contribution in [2.75, 3.05) is 11.5 Å². The van der Waals surface area contributed by atoms with Crippen LogP contribution in [0.3, 0.4) is 0 Å². The molecule has 0 aromatic carbocycles. The van der Waals surface area contributed by atoms with Gasteiger partial charge in [-0.2, -0.15) is 0 Å². The second-order valence-corrected chi connectivity index (χ2v) is 5.10. The minimum Gasteiger partial charge on any atom is -0.332 e. The van der Waals surface area contributed by atoms with Gasteiger partial charge in [-0.1, -0.05) is 6.92 Å². The zero-order valence-corrected chi connectivity index (χ0v) is 9.46. The number of hydrogen-bond donors (Lipinski definition) is 1. The smallest absolute Gasteiger partial charge is 0.0948 e. The Morgan fingerprint density at radius 2 is 2.43 bits per heavy atom. The standard InChI is InChI=1S/C9H17N3OS/c1-3-14(13)5-4-12-7-11-6-9(12)8(2)10/h6-8H,3-5,10H2,1-2H3. The first-order chi connectivity index (χ1) is 6.65. The van der Waals surface area contributed by atoms with E-state index in [9.17, 15) is 4.21 Å². The van der Waals surface area contributed by atoms with Gasteiger partial charge in [-0.05, 0) is 6.92 Å².